The minimum atomic E-state index is 0.553. The van der Waals surface area contributed by atoms with Gasteiger partial charge in [0, 0.05) is 24.4 Å². The van der Waals surface area contributed by atoms with Gasteiger partial charge in [-0.1, -0.05) is 18.2 Å². The number of pyridine rings is 1. The van der Waals surface area contributed by atoms with Crippen LogP contribution in [0.3, 0.4) is 0 Å². The van der Waals surface area contributed by atoms with E-state index in [1.807, 2.05) is 30.3 Å². The molecule has 0 bridgehead atoms. The lowest BCUT2D eigenvalue weighted by Gasteiger charge is -2.04. The Morgan fingerprint density at radius 2 is 2.06 bits per heavy atom. The summed E-state index contributed by atoms with van der Waals surface area (Å²) < 4.78 is 5.02. The van der Waals surface area contributed by atoms with Crippen LogP contribution < -0.4 is 10.5 Å². The number of methoxy groups -OCH3 is 1. The zero-order valence-corrected chi connectivity index (χ0v) is 9.18. The molecule has 16 heavy (non-hydrogen) atoms. The van der Waals surface area contributed by atoms with E-state index in [1.165, 1.54) is 0 Å². The molecule has 0 aliphatic carbocycles. The first-order chi connectivity index (χ1) is 7.83. The molecule has 0 saturated carbocycles. The van der Waals surface area contributed by atoms with Crippen LogP contribution >= 0.6 is 0 Å². The van der Waals surface area contributed by atoms with Crippen molar-refractivity contribution in [3.63, 3.8) is 0 Å². The molecular formula is C13H14N2O. The molecule has 0 unspecified atom stereocenters. The smallest absolute Gasteiger partial charge is 0.212 e. The van der Waals surface area contributed by atoms with Gasteiger partial charge in [-0.2, -0.15) is 0 Å². The topological polar surface area (TPSA) is 48.1 Å². The summed E-state index contributed by atoms with van der Waals surface area (Å²) in [7, 11) is 1.61. The summed E-state index contributed by atoms with van der Waals surface area (Å²) in [5, 5.41) is 0. The van der Waals surface area contributed by atoms with Gasteiger partial charge in [0.1, 0.15) is 0 Å². The van der Waals surface area contributed by atoms with Gasteiger partial charge in [0.2, 0.25) is 5.88 Å². The van der Waals surface area contributed by atoms with Crippen molar-refractivity contribution >= 4 is 0 Å². The second-order valence-corrected chi connectivity index (χ2v) is 3.49. The molecule has 0 amide bonds. The Balaban J connectivity index is 2.34. The lowest BCUT2D eigenvalue weighted by Crippen LogP contribution is -1.95. The molecule has 3 nitrogen and oxygen atoms in total. The molecule has 0 fully saturated rings. The number of nitrogens with zero attached hydrogens (tertiary/aromatic N) is 1. The van der Waals surface area contributed by atoms with E-state index in [2.05, 4.69) is 11.1 Å². The van der Waals surface area contributed by atoms with E-state index in [9.17, 15) is 0 Å². The maximum Gasteiger partial charge on any atom is 0.212 e. The van der Waals surface area contributed by atoms with Gasteiger partial charge in [0.15, 0.2) is 0 Å². The van der Waals surface area contributed by atoms with E-state index in [0.717, 1.165) is 16.7 Å². The average Bonchev–Trinajstić information content (AvgIpc) is 2.39. The van der Waals surface area contributed by atoms with Gasteiger partial charge < -0.3 is 10.5 Å². The molecule has 1 aromatic heterocycles. The molecule has 1 aromatic carbocycles. The lowest BCUT2D eigenvalue weighted by atomic mass is 10.1. The first kappa shape index (κ1) is 10.6. The van der Waals surface area contributed by atoms with Gasteiger partial charge in [0.05, 0.1) is 7.11 Å². The van der Waals surface area contributed by atoms with Crippen LogP contribution in [0.5, 0.6) is 5.88 Å². The lowest BCUT2D eigenvalue weighted by molar-refractivity contribution is 0.398. The third-order valence-electron chi connectivity index (χ3n) is 2.44. The first-order valence-corrected chi connectivity index (χ1v) is 5.13. The van der Waals surface area contributed by atoms with Gasteiger partial charge >= 0.3 is 0 Å². The fourth-order valence-electron chi connectivity index (χ4n) is 1.55. The monoisotopic (exact) mass is 214 g/mol. The van der Waals surface area contributed by atoms with Crippen molar-refractivity contribution < 1.29 is 4.74 Å². The van der Waals surface area contributed by atoms with Gasteiger partial charge in [-0.15, -0.1) is 0 Å². The van der Waals surface area contributed by atoms with Crippen LogP contribution in [0, 0.1) is 0 Å². The molecule has 3 heteroatoms. The van der Waals surface area contributed by atoms with E-state index < -0.39 is 0 Å². The van der Waals surface area contributed by atoms with E-state index >= 15 is 0 Å². The highest BCUT2D eigenvalue weighted by atomic mass is 16.5. The van der Waals surface area contributed by atoms with Crippen molar-refractivity contribution in [2.75, 3.05) is 7.11 Å². The summed E-state index contributed by atoms with van der Waals surface area (Å²) in [5.74, 6) is 0.624. The Kier molecular flexibility index (Phi) is 3.17. The Labute approximate surface area is 94.9 Å². The van der Waals surface area contributed by atoms with Crippen LogP contribution in [0.25, 0.3) is 11.1 Å². The Hall–Kier alpha value is -1.87. The molecule has 1 heterocycles. The molecule has 0 spiro atoms. The van der Waals surface area contributed by atoms with Crippen molar-refractivity contribution in [1.29, 1.82) is 0 Å². The van der Waals surface area contributed by atoms with Crippen molar-refractivity contribution in [1.82, 2.24) is 4.98 Å². The Morgan fingerprint density at radius 1 is 1.19 bits per heavy atom. The summed E-state index contributed by atoms with van der Waals surface area (Å²) >= 11 is 0. The first-order valence-electron chi connectivity index (χ1n) is 5.13. The quantitative estimate of drug-likeness (QED) is 0.852. The summed E-state index contributed by atoms with van der Waals surface area (Å²) in [6, 6.07) is 12.0. The predicted octanol–water partition coefficient (Wildman–Crippen LogP) is 2.22. The summed E-state index contributed by atoms with van der Waals surface area (Å²) in [5.41, 5.74) is 8.91. The summed E-state index contributed by atoms with van der Waals surface area (Å²) in [4.78, 5) is 4.18. The van der Waals surface area contributed by atoms with Crippen LogP contribution in [0.1, 0.15) is 5.56 Å². The van der Waals surface area contributed by atoms with Crippen molar-refractivity contribution in [3.05, 3.63) is 48.2 Å². The van der Waals surface area contributed by atoms with Crippen molar-refractivity contribution in [3.8, 4) is 17.0 Å². The van der Waals surface area contributed by atoms with Crippen LogP contribution in [-0.4, -0.2) is 12.1 Å². The van der Waals surface area contributed by atoms with E-state index in [1.54, 1.807) is 13.3 Å². The molecule has 2 N–H and O–H groups in total. The van der Waals surface area contributed by atoms with Crippen molar-refractivity contribution in [2.45, 2.75) is 6.54 Å². The molecule has 82 valence electrons. The number of nitrogens with two attached hydrogens (primary N) is 1. The SMILES string of the molecule is COc1ccc(-c2cccc(CN)c2)cn1. The van der Waals surface area contributed by atoms with E-state index in [0.29, 0.717) is 12.4 Å². The molecule has 0 aliphatic heterocycles. The average molecular weight is 214 g/mol. The molecule has 0 atom stereocenters. The number of hydrogen-bond donors (Lipinski definition) is 1. The van der Waals surface area contributed by atoms with E-state index in [-0.39, 0.29) is 0 Å². The number of rotatable bonds is 3. The Bertz CT molecular complexity index is 466. The zero-order chi connectivity index (χ0) is 11.4. The zero-order valence-electron chi connectivity index (χ0n) is 9.18. The molecular weight excluding hydrogens is 200 g/mol. The number of benzene rings is 1. The third kappa shape index (κ3) is 2.20. The van der Waals surface area contributed by atoms with Crippen LogP contribution in [-0.2, 0) is 6.54 Å². The van der Waals surface area contributed by atoms with Crippen molar-refractivity contribution in [2.24, 2.45) is 5.73 Å². The molecule has 0 aliphatic rings. The Morgan fingerprint density at radius 3 is 2.69 bits per heavy atom. The van der Waals surface area contributed by atoms with Gasteiger partial charge in [0.25, 0.3) is 0 Å². The minimum absolute atomic E-state index is 0.553. The molecule has 2 aromatic rings. The maximum absolute atomic E-state index is 5.61. The number of ether oxygens (including phenoxy) is 1. The highest BCUT2D eigenvalue weighted by molar-refractivity contribution is 5.63. The van der Waals surface area contributed by atoms with Crippen LogP contribution in [0.4, 0.5) is 0 Å². The maximum atomic E-state index is 5.61. The predicted molar refractivity (Wildman–Crippen MR) is 64.1 cm³/mol. The van der Waals surface area contributed by atoms with E-state index in [4.69, 9.17) is 10.5 Å². The van der Waals surface area contributed by atoms with Crippen LogP contribution in [0.2, 0.25) is 0 Å². The van der Waals surface area contributed by atoms with Gasteiger partial charge in [-0.05, 0) is 23.3 Å². The largest absolute Gasteiger partial charge is 0.481 e. The third-order valence-corrected chi connectivity index (χ3v) is 2.44. The fourth-order valence-corrected chi connectivity index (χ4v) is 1.55. The second kappa shape index (κ2) is 4.77. The molecule has 0 saturated heterocycles. The normalized spacial score (nSPS) is 10.1. The van der Waals surface area contributed by atoms with Gasteiger partial charge in [-0.3, -0.25) is 0 Å². The van der Waals surface area contributed by atoms with Crippen LogP contribution in [0.15, 0.2) is 42.6 Å². The molecule has 0 radical (unpaired) electrons. The van der Waals surface area contributed by atoms with Gasteiger partial charge in [-0.25, -0.2) is 4.98 Å². The highest BCUT2D eigenvalue weighted by Crippen LogP contribution is 2.21. The fraction of sp³-hybridized carbons (Fsp3) is 0.154. The second-order valence-electron chi connectivity index (χ2n) is 3.49. The highest BCUT2D eigenvalue weighted by Gasteiger charge is 1.99. The number of aromatic nitrogens is 1. The standard InChI is InChI=1S/C13H14N2O/c1-16-13-6-5-12(9-15-13)11-4-2-3-10(7-11)8-14/h2-7,9H,8,14H2,1H3. The minimum Gasteiger partial charge on any atom is -0.481 e. The summed E-state index contributed by atoms with van der Waals surface area (Å²) in [6.07, 6.45) is 1.80. The number of hydrogen-bond acceptors (Lipinski definition) is 3. The summed E-state index contributed by atoms with van der Waals surface area (Å²) in [6.45, 7) is 0.553. The molecule has 2 rings (SSSR count).